The number of aromatic amines is 1. The van der Waals surface area contributed by atoms with Crippen LogP contribution >= 0.6 is 0 Å². The molecule has 1 unspecified atom stereocenters. The molecule has 178 valence electrons. The highest BCUT2D eigenvalue weighted by Crippen LogP contribution is 2.42. The first-order valence-corrected chi connectivity index (χ1v) is 13.6. The number of nitrogens with one attached hydrogen (secondary N) is 1. The fourth-order valence-electron chi connectivity index (χ4n) is 6.71. The van der Waals surface area contributed by atoms with Crippen LogP contribution in [0.2, 0.25) is 0 Å². The number of hydrogen-bond donors (Lipinski definition) is 1. The normalized spacial score (nSPS) is 16.1. The van der Waals surface area contributed by atoms with Crippen LogP contribution in [0.15, 0.2) is 103 Å². The van der Waals surface area contributed by atoms with Gasteiger partial charge in [0.2, 0.25) is 0 Å². The molecule has 0 bridgehead atoms. The van der Waals surface area contributed by atoms with Crippen molar-refractivity contribution >= 4 is 21.8 Å². The summed E-state index contributed by atoms with van der Waals surface area (Å²) in [4.78, 5) is 3.57. The molecule has 0 amide bonds. The van der Waals surface area contributed by atoms with E-state index in [1.54, 1.807) is 11.1 Å². The first-order valence-electron chi connectivity index (χ1n) is 13.6. The largest absolute Gasteiger partial charge is 0.355 e. The van der Waals surface area contributed by atoms with E-state index in [-0.39, 0.29) is 0 Å². The maximum atomic E-state index is 3.57. The van der Waals surface area contributed by atoms with Crippen LogP contribution in [0.3, 0.4) is 0 Å². The summed E-state index contributed by atoms with van der Waals surface area (Å²) in [6.45, 7) is 0. The molecule has 5 aromatic carbocycles. The van der Waals surface area contributed by atoms with Crippen molar-refractivity contribution < 1.29 is 0 Å². The molecule has 1 nitrogen and oxygen atoms in total. The van der Waals surface area contributed by atoms with E-state index in [2.05, 4.69) is 108 Å². The molecular weight excluding hydrogens is 446 g/mol. The van der Waals surface area contributed by atoms with Crippen molar-refractivity contribution in [1.29, 1.82) is 0 Å². The molecule has 0 aliphatic heterocycles. The molecule has 0 saturated heterocycles. The van der Waals surface area contributed by atoms with Crippen molar-refractivity contribution in [3.05, 3.63) is 131 Å². The Hall–Kier alpha value is -4.10. The highest BCUT2D eigenvalue weighted by Gasteiger charge is 2.24. The maximum absolute atomic E-state index is 3.57. The quantitative estimate of drug-likeness (QED) is 0.263. The zero-order chi connectivity index (χ0) is 24.3. The highest BCUT2D eigenvalue weighted by atomic mass is 14.7. The van der Waals surface area contributed by atoms with E-state index in [1.165, 1.54) is 80.0 Å². The lowest BCUT2D eigenvalue weighted by atomic mass is 9.82. The van der Waals surface area contributed by atoms with Gasteiger partial charge in [0.25, 0.3) is 0 Å². The minimum atomic E-state index is 0.533. The van der Waals surface area contributed by atoms with Gasteiger partial charge in [-0.3, -0.25) is 0 Å². The number of benzene rings is 5. The predicted molar refractivity (Wildman–Crippen MR) is 155 cm³/mol. The van der Waals surface area contributed by atoms with Gasteiger partial charge < -0.3 is 4.98 Å². The molecule has 0 radical (unpaired) electrons. The highest BCUT2D eigenvalue weighted by molar-refractivity contribution is 6.08. The molecule has 1 atom stereocenters. The molecular formula is C36H29N. The molecule has 6 aromatic rings. The summed E-state index contributed by atoms with van der Waals surface area (Å²) >= 11 is 0. The van der Waals surface area contributed by atoms with Crippen LogP contribution < -0.4 is 0 Å². The number of rotatable bonds is 3. The van der Waals surface area contributed by atoms with Crippen LogP contribution in [0, 0.1) is 0 Å². The minimum Gasteiger partial charge on any atom is -0.355 e. The standard InChI is InChI=1S/C36H29N/c1-2-6-30-25(5-1)12-14-29(20-23-9-10-24-11-13-26(24)19-23)31-17-15-27(21-33(30)31)28-16-18-36-34(22-28)32-7-3-4-8-35(32)37-36/h1-10,15-19,21-22,29,37H,11-14,20H2. The van der Waals surface area contributed by atoms with Crippen molar-refractivity contribution in [2.45, 2.75) is 38.0 Å². The summed E-state index contributed by atoms with van der Waals surface area (Å²) < 4.78 is 0. The minimum absolute atomic E-state index is 0.533. The zero-order valence-corrected chi connectivity index (χ0v) is 20.9. The number of para-hydroxylation sites is 1. The molecule has 0 spiro atoms. The molecule has 0 saturated carbocycles. The van der Waals surface area contributed by atoms with E-state index in [4.69, 9.17) is 0 Å². The fourth-order valence-corrected chi connectivity index (χ4v) is 6.71. The third-order valence-electron chi connectivity index (χ3n) is 8.82. The Labute approximate surface area is 217 Å². The Morgan fingerprint density at radius 2 is 1.38 bits per heavy atom. The van der Waals surface area contributed by atoms with Gasteiger partial charge in [-0.2, -0.15) is 0 Å². The van der Waals surface area contributed by atoms with Gasteiger partial charge >= 0.3 is 0 Å². The first-order chi connectivity index (χ1) is 18.3. The second kappa shape index (κ2) is 8.21. The second-order valence-electron chi connectivity index (χ2n) is 10.9. The molecule has 2 aliphatic rings. The zero-order valence-electron chi connectivity index (χ0n) is 20.9. The molecule has 37 heavy (non-hydrogen) atoms. The molecule has 2 aliphatic carbocycles. The topological polar surface area (TPSA) is 15.8 Å². The fraction of sp³-hybridized carbons (Fsp3) is 0.167. The SMILES string of the molecule is c1ccc2c(c1)CCC(Cc1ccc3c(c1)CC3)c1ccc(-c3ccc4[nH]c5ccccc5c4c3)cc1-2. The Morgan fingerprint density at radius 1 is 0.568 bits per heavy atom. The number of H-pyrrole nitrogens is 1. The summed E-state index contributed by atoms with van der Waals surface area (Å²) in [7, 11) is 0. The lowest BCUT2D eigenvalue weighted by molar-refractivity contribution is 0.627. The van der Waals surface area contributed by atoms with Gasteiger partial charge in [0, 0.05) is 21.8 Å². The monoisotopic (exact) mass is 475 g/mol. The van der Waals surface area contributed by atoms with Crippen molar-refractivity contribution in [1.82, 2.24) is 4.98 Å². The number of aromatic nitrogens is 1. The number of hydrogen-bond acceptors (Lipinski definition) is 0. The van der Waals surface area contributed by atoms with Crippen molar-refractivity contribution in [2.75, 3.05) is 0 Å². The predicted octanol–water partition coefficient (Wildman–Crippen LogP) is 9.03. The van der Waals surface area contributed by atoms with Crippen LogP contribution in [-0.4, -0.2) is 4.98 Å². The summed E-state index contributed by atoms with van der Waals surface area (Å²) in [5.41, 5.74) is 15.4. The van der Waals surface area contributed by atoms with E-state index in [0.717, 1.165) is 12.8 Å². The average molecular weight is 476 g/mol. The first kappa shape index (κ1) is 21.0. The number of aryl methyl sites for hydroxylation is 3. The second-order valence-corrected chi connectivity index (χ2v) is 10.9. The summed E-state index contributed by atoms with van der Waals surface area (Å²) in [6.07, 6.45) is 5.96. The molecule has 0 fully saturated rings. The summed E-state index contributed by atoms with van der Waals surface area (Å²) in [5, 5.41) is 2.58. The van der Waals surface area contributed by atoms with Gasteiger partial charge in [-0.05, 0) is 112 Å². The smallest absolute Gasteiger partial charge is 0.0465 e. The number of fused-ring (bicyclic) bond motifs is 7. The lowest BCUT2D eigenvalue weighted by Crippen LogP contribution is -2.10. The van der Waals surface area contributed by atoms with E-state index in [9.17, 15) is 0 Å². The van der Waals surface area contributed by atoms with E-state index >= 15 is 0 Å². The van der Waals surface area contributed by atoms with Gasteiger partial charge in [-0.1, -0.05) is 78.9 Å². The van der Waals surface area contributed by atoms with Gasteiger partial charge in [0.15, 0.2) is 0 Å². The Kier molecular flexibility index (Phi) is 4.67. The summed E-state index contributed by atoms with van der Waals surface area (Å²) in [5.74, 6) is 0.533. The molecule has 1 aromatic heterocycles. The van der Waals surface area contributed by atoms with Crippen molar-refractivity contribution in [3.8, 4) is 22.3 Å². The van der Waals surface area contributed by atoms with Gasteiger partial charge in [-0.25, -0.2) is 0 Å². The molecule has 8 rings (SSSR count). The van der Waals surface area contributed by atoms with Gasteiger partial charge in [0.05, 0.1) is 0 Å². The van der Waals surface area contributed by atoms with Crippen molar-refractivity contribution in [3.63, 3.8) is 0 Å². The molecule has 1 heteroatoms. The van der Waals surface area contributed by atoms with Gasteiger partial charge in [0.1, 0.15) is 0 Å². The van der Waals surface area contributed by atoms with E-state index < -0.39 is 0 Å². The van der Waals surface area contributed by atoms with E-state index in [0.29, 0.717) is 5.92 Å². The Balaban J connectivity index is 1.25. The van der Waals surface area contributed by atoms with Crippen LogP contribution in [0.4, 0.5) is 0 Å². The van der Waals surface area contributed by atoms with Crippen LogP contribution in [-0.2, 0) is 25.7 Å². The average Bonchev–Trinajstić information content (AvgIpc) is 3.22. The third-order valence-corrected chi connectivity index (χ3v) is 8.82. The third kappa shape index (κ3) is 3.45. The Morgan fingerprint density at radius 3 is 2.30 bits per heavy atom. The van der Waals surface area contributed by atoms with Crippen molar-refractivity contribution in [2.24, 2.45) is 0 Å². The Bertz CT molecular complexity index is 1820. The molecule has 1 heterocycles. The molecule has 1 N–H and O–H groups in total. The van der Waals surface area contributed by atoms with Crippen LogP contribution in [0.5, 0.6) is 0 Å². The van der Waals surface area contributed by atoms with E-state index in [1.807, 2.05) is 0 Å². The van der Waals surface area contributed by atoms with Gasteiger partial charge in [-0.15, -0.1) is 0 Å². The summed E-state index contributed by atoms with van der Waals surface area (Å²) in [6, 6.07) is 39.0. The lowest BCUT2D eigenvalue weighted by Gasteiger charge is -2.23. The maximum Gasteiger partial charge on any atom is 0.0465 e. The van der Waals surface area contributed by atoms with Crippen LogP contribution in [0.1, 0.15) is 40.2 Å². The van der Waals surface area contributed by atoms with Crippen LogP contribution in [0.25, 0.3) is 44.1 Å².